The summed E-state index contributed by atoms with van der Waals surface area (Å²) in [6, 6.07) is 23.0. The number of pyridine rings is 1. The Bertz CT molecular complexity index is 1270. The molecule has 3 nitrogen and oxygen atoms in total. The first-order chi connectivity index (χ1) is 19.6. The molecule has 2 aromatic carbocycles. The van der Waals surface area contributed by atoms with Crippen molar-refractivity contribution in [1.29, 1.82) is 0 Å². The minimum Gasteiger partial charge on any atom is -0.512 e. The molecule has 1 heterocycles. The number of carbonyl (C=O) groups excluding carboxylic acids is 1. The molecule has 0 bridgehead atoms. The molecule has 3 aromatic rings. The zero-order chi connectivity index (χ0) is 30.6. The predicted molar refractivity (Wildman–Crippen MR) is 181 cm³/mol. The van der Waals surface area contributed by atoms with Crippen molar-refractivity contribution in [2.24, 2.45) is 11.8 Å². The Hall–Kier alpha value is -2.07. The summed E-state index contributed by atoms with van der Waals surface area (Å²) in [5, 5.41) is 13.8. The van der Waals surface area contributed by atoms with Crippen LogP contribution in [0.2, 0.25) is 18.1 Å². The number of aliphatic hydroxyl groups excluding tert-OH is 1. The number of ketones is 1. The van der Waals surface area contributed by atoms with Crippen LogP contribution in [-0.2, 0) is 24.9 Å². The van der Waals surface area contributed by atoms with Crippen LogP contribution in [0.4, 0.5) is 0 Å². The molecular weight excluding hydrogens is 711 g/mol. The summed E-state index contributed by atoms with van der Waals surface area (Å²) in [5.74, 6) is 1.03. The number of nitrogens with zero attached hydrogens (tertiary/aromatic N) is 1. The van der Waals surface area contributed by atoms with E-state index in [1.54, 1.807) is 5.19 Å². The van der Waals surface area contributed by atoms with Crippen molar-refractivity contribution in [1.82, 2.24) is 4.98 Å². The number of aromatic nitrogens is 1. The van der Waals surface area contributed by atoms with Gasteiger partial charge in [-0.15, -0.1) is 29.1 Å². The second-order valence-electron chi connectivity index (χ2n) is 11.6. The Labute approximate surface area is 271 Å². The molecule has 0 fully saturated rings. The van der Waals surface area contributed by atoms with Gasteiger partial charge in [-0.1, -0.05) is 121 Å². The average Bonchev–Trinajstić information content (AvgIpc) is 2.99. The zero-order valence-corrected chi connectivity index (χ0v) is 30.9. The van der Waals surface area contributed by atoms with Crippen LogP contribution in [0.1, 0.15) is 99.5 Å². The minimum absolute atomic E-state index is 0. The normalized spacial score (nSPS) is 12.0. The standard InChI is InChI=1S/C24H30NSi.C13H24O2.Ir/c1-6-26(7-2,8-3)21-13-14-25-24(17-21)20-15-19-11-9-10-12-22(19)23(16-20)18(4)5;1-5-10(6-2)12(14)9-13(15)11(7-3)8-4;/h9-14,16-18H,6-8H2,1-5H3;9-11,14H,5-8H2,1-4H3;/q-1;;/b;12-9-;. The van der Waals surface area contributed by atoms with E-state index < -0.39 is 8.07 Å². The van der Waals surface area contributed by atoms with Gasteiger partial charge in [0.2, 0.25) is 0 Å². The first-order valence-corrected chi connectivity index (χ1v) is 18.6. The van der Waals surface area contributed by atoms with Gasteiger partial charge in [0.25, 0.3) is 0 Å². The number of rotatable bonds is 13. The van der Waals surface area contributed by atoms with E-state index in [9.17, 15) is 9.90 Å². The van der Waals surface area contributed by atoms with Gasteiger partial charge in [-0.2, -0.15) is 0 Å². The Morgan fingerprint density at radius 2 is 1.45 bits per heavy atom. The minimum atomic E-state index is -1.40. The fourth-order valence-electron chi connectivity index (χ4n) is 5.92. The van der Waals surface area contributed by atoms with E-state index in [2.05, 4.69) is 83.1 Å². The van der Waals surface area contributed by atoms with Crippen LogP contribution in [0.15, 0.2) is 60.5 Å². The molecule has 1 radical (unpaired) electrons. The Morgan fingerprint density at radius 3 is 1.98 bits per heavy atom. The van der Waals surface area contributed by atoms with E-state index in [0.29, 0.717) is 5.92 Å². The van der Waals surface area contributed by atoms with Crippen molar-refractivity contribution in [2.45, 2.75) is 112 Å². The van der Waals surface area contributed by atoms with E-state index in [-0.39, 0.29) is 43.5 Å². The maximum Gasteiger partial charge on any atom is 0.162 e. The summed E-state index contributed by atoms with van der Waals surface area (Å²) in [6.07, 6.45) is 6.91. The summed E-state index contributed by atoms with van der Waals surface area (Å²) < 4.78 is 0. The molecule has 0 saturated heterocycles. The Balaban J connectivity index is 0.000000476. The molecule has 1 N–H and O–H groups in total. The largest absolute Gasteiger partial charge is 0.512 e. The van der Waals surface area contributed by atoms with Crippen LogP contribution in [0.5, 0.6) is 0 Å². The summed E-state index contributed by atoms with van der Waals surface area (Å²) in [4.78, 5) is 16.4. The van der Waals surface area contributed by atoms with Gasteiger partial charge in [0.1, 0.15) is 0 Å². The smallest absolute Gasteiger partial charge is 0.162 e. The van der Waals surface area contributed by atoms with Crippen molar-refractivity contribution >= 4 is 29.8 Å². The quantitative estimate of drug-likeness (QED) is 0.0816. The maximum atomic E-state index is 11.7. The fourth-order valence-corrected chi connectivity index (χ4v) is 9.52. The number of carbonyl (C=O) groups is 1. The Kier molecular flexibility index (Phi) is 16.8. The van der Waals surface area contributed by atoms with Gasteiger partial charge in [-0.3, -0.25) is 9.78 Å². The third-order valence-corrected chi connectivity index (χ3v) is 14.8. The van der Waals surface area contributed by atoms with E-state index in [1.165, 1.54) is 40.5 Å². The summed E-state index contributed by atoms with van der Waals surface area (Å²) >= 11 is 0. The van der Waals surface area contributed by atoms with Crippen LogP contribution >= 0.6 is 0 Å². The van der Waals surface area contributed by atoms with Gasteiger partial charge in [0.15, 0.2) is 5.78 Å². The number of fused-ring (bicyclic) bond motifs is 1. The number of allylic oxidation sites excluding steroid dienone is 2. The third-order valence-electron chi connectivity index (χ3n) is 9.19. The molecule has 0 aliphatic rings. The van der Waals surface area contributed by atoms with Gasteiger partial charge in [0.05, 0.1) is 13.8 Å². The maximum absolute atomic E-state index is 11.7. The summed E-state index contributed by atoms with van der Waals surface area (Å²) in [5.41, 5.74) is 3.58. The van der Waals surface area contributed by atoms with Crippen molar-refractivity contribution < 1.29 is 30.0 Å². The summed E-state index contributed by atoms with van der Waals surface area (Å²) in [7, 11) is -1.40. The van der Waals surface area contributed by atoms with Crippen LogP contribution < -0.4 is 5.19 Å². The molecule has 3 rings (SSSR count). The van der Waals surface area contributed by atoms with Gasteiger partial charge in [0, 0.05) is 49.9 Å². The summed E-state index contributed by atoms with van der Waals surface area (Å²) in [6.45, 7) is 19.7. The molecule has 0 aliphatic carbocycles. The van der Waals surface area contributed by atoms with Crippen LogP contribution in [0.25, 0.3) is 22.0 Å². The van der Waals surface area contributed by atoms with Gasteiger partial charge >= 0.3 is 0 Å². The number of hydrogen-bond donors (Lipinski definition) is 1. The predicted octanol–water partition coefficient (Wildman–Crippen LogP) is 10.4. The van der Waals surface area contributed by atoms with E-state index >= 15 is 0 Å². The van der Waals surface area contributed by atoms with E-state index in [0.717, 1.165) is 36.9 Å². The number of aliphatic hydroxyl groups is 1. The van der Waals surface area contributed by atoms with Gasteiger partial charge in [-0.25, -0.2) is 0 Å². The van der Waals surface area contributed by atoms with Crippen molar-refractivity contribution in [2.75, 3.05) is 0 Å². The first-order valence-electron chi connectivity index (χ1n) is 16.0. The monoisotopic (exact) mass is 765 g/mol. The van der Waals surface area contributed by atoms with Crippen molar-refractivity contribution in [3.63, 3.8) is 0 Å². The van der Waals surface area contributed by atoms with Crippen molar-refractivity contribution in [3.05, 3.63) is 72.1 Å². The SMILES string of the molecule is CCC(CC)C(=O)/C=C(\O)C(CC)CC.CC[Si](CC)(CC)c1ccnc(-c2[c-]c3ccccc3c(C(C)C)c2)c1.[Ir]. The molecular formula is C37H54IrNO2Si-. The first kappa shape index (κ1) is 38.0. The molecule has 233 valence electrons. The molecule has 0 atom stereocenters. The fraction of sp³-hybridized carbons (Fsp3) is 0.514. The second-order valence-corrected chi connectivity index (χ2v) is 16.9. The number of hydrogen-bond acceptors (Lipinski definition) is 3. The van der Waals surface area contributed by atoms with E-state index in [1.807, 2.05) is 33.9 Å². The molecule has 0 aliphatic heterocycles. The van der Waals surface area contributed by atoms with Crippen LogP contribution in [0.3, 0.4) is 0 Å². The van der Waals surface area contributed by atoms with Gasteiger partial charge < -0.3 is 5.11 Å². The van der Waals surface area contributed by atoms with Gasteiger partial charge in [-0.05, 0) is 37.7 Å². The third kappa shape index (κ3) is 9.46. The zero-order valence-electron chi connectivity index (χ0n) is 27.5. The van der Waals surface area contributed by atoms with Crippen molar-refractivity contribution in [3.8, 4) is 11.3 Å². The molecule has 0 unspecified atom stereocenters. The average molecular weight is 765 g/mol. The molecule has 0 saturated carbocycles. The molecule has 42 heavy (non-hydrogen) atoms. The molecule has 1 aromatic heterocycles. The Morgan fingerprint density at radius 1 is 0.881 bits per heavy atom. The number of benzene rings is 2. The molecule has 0 spiro atoms. The molecule has 0 amide bonds. The second kappa shape index (κ2) is 18.6. The topological polar surface area (TPSA) is 50.2 Å². The van der Waals surface area contributed by atoms with E-state index in [4.69, 9.17) is 4.98 Å². The van der Waals surface area contributed by atoms with Crippen LogP contribution in [0, 0.1) is 17.9 Å². The molecule has 5 heteroatoms. The van der Waals surface area contributed by atoms with Crippen LogP contribution in [-0.4, -0.2) is 23.9 Å².